The summed E-state index contributed by atoms with van der Waals surface area (Å²) in [5.74, 6) is 0.249. The van der Waals surface area contributed by atoms with Crippen molar-refractivity contribution in [2.45, 2.75) is 46.5 Å². The van der Waals surface area contributed by atoms with Crippen molar-refractivity contribution in [1.29, 1.82) is 0 Å². The summed E-state index contributed by atoms with van der Waals surface area (Å²) < 4.78 is 35.9. The van der Waals surface area contributed by atoms with Gasteiger partial charge in [-0.15, -0.1) is 0 Å². The van der Waals surface area contributed by atoms with Crippen LogP contribution in [0, 0.1) is 11.2 Å². The number of carbonyl (C=O) groups is 1. The van der Waals surface area contributed by atoms with Gasteiger partial charge < -0.3 is 18.9 Å². The highest BCUT2D eigenvalue weighted by molar-refractivity contribution is 5.75. The molecule has 0 saturated heterocycles. The Hall–Kier alpha value is -2.60. The Labute approximate surface area is 171 Å². The highest BCUT2D eigenvalue weighted by Crippen LogP contribution is 2.34. The molecule has 0 aromatic heterocycles. The van der Waals surface area contributed by atoms with E-state index in [1.54, 1.807) is 33.9 Å². The zero-order valence-corrected chi connectivity index (χ0v) is 17.8. The molecule has 0 aliphatic heterocycles. The van der Waals surface area contributed by atoms with Gasteiger partial charge in [0.2, 0.25) is 0 Å². The summed E-state index contributed by atoms with van der Waals surface area (Å²) >= 11 is 0. The Morgan fingerprint density at radius 2 is 1.69 bits per heavy atom. The maximum atomic E-state index is 13.7. The van der Waals surface area contributed by atoms with E-state index in [4.69, 9.17) is 18.9 Å². The average Bonchev–Trinajstić information content (AvgIpc) is 2.69. The minimum absolute atomic E-state index is 0.302. The van der Waals surface area contributed by atoms with Crippen LogP contribution in [0.5, 0.6) is 11.5 Å². The van der Waals surface area contributed by atoms with E-state index in [0.29, 0.717) is 17.9 Å². The van der Waals surface area contributed by atoms with Crippen molar-refractivity contribution in [3.63, 3.8) is 0 Å². The van der Waals surface area contributed by atoms with Gasteiger partial charge in [-0.2, -0.15) is 0 Å². The molecule has 2 rings (SSSR count). The number of rotatable bonds is 8. The van der Waals surface area contributed by atoms with Crippen LogP contribution in [0.25, 0.3) is 0 Å². The molecular formula is C23H29FO5. The minimum atomic E-state index is -0.754. The van der Waals surface area contributed by atoms with Crippen molar-refractivity contribution >= 4 is 5.97 Å². The van der Waals surface area contributed by atoms with Crippen LogP contribution < -0.4 is 9.47 Å². The van der Waals surface area contributed by atoms with Crippen molar-refractivity contribution in [3.05, 3.63) is 59.4 Å². The fourth-order valence-corrected chi connectivity index (χ4v) is 2.66. The first kappa shape index (κ1) is 22.7. The molecule has 0 spiro atoms. The first-order chi connectivity index (χ1) is 13.7. The summed E-state index contributed by atoms with van der Waals surface area (Å²) in [5.41, 5.74) is 0.805. The van der Waals surface area contributed by atoms with E-state index in [9.17, 15) is 9.18 Å². The number of ether oxygens (including phenoxy) is 4. The Morgan fingerprint density at radius 3 is 2.24 bits per heavy atom. The highest BCUT2D eigenvalue weighted by Gasteiger charge is 2.32. The molecule has 0 N–H and O–H groups in total. The summed E-state index contributed by atoms with van der Waals surface area (Å²) in [4.78, 5) is 12.6. The lowest BCUT2D eigenvalue weighted by atomic mass is 9.96. The van der Waals surface area contributed by atoms with Crippen LogP contribution in [0.3, 0.4) is 0 Å². The normalized spacial score (nSPS) is 13.5. The molecule has 2 atom stereocenters. The number of hydrogen-bond acceptors (Lipinski definition) is 5. The molecular weight excluding hydrogens is 375 g/mol. The van der Waals surface area contributed by atoms with Crippen molar-refractivity contribution in [2.75, 3.05) is 14.2 Å². The van der Waals surface area contributed by atoms with Gasteiger partial charge in [-0.25, -0.2) is 4.39 Å². The summed E-state index contributed by atoms with van der Waals surface area (Å²) in [7, 11) is 3.06. The summed E-state index contributed by atoms with van der Waals surface area (Å²) in [6, 6.07) is 11.6. The summed E-state index contributed by atoms with van der Waals surface area (Å²) in [6.07, 6.45) is -1.25. The van der Waals surface area contributed by atoms with E-state index in [1.807, 2.05) is 31.2 Å². The second-order valence-electron chi connectivity index (χ2n) is 7.83. The van der Waals surface area contributed by atoms with E-state index in [1.165, 1.54) is 19.2 Å². The molecule has 0 aliphatic carbocycles. The lowest BCUT2D eigenvalue weighted by Gasteiger charge is -2.29. The van der Waals surface area contributed by atoms with Crippen molar-refractivity contribution in [1.82, 2.24) is 0 Å². The van der Waals surface area contributed by atoms with Gasteiger partial charge in [-0.05, 0) is 57.5 Å². The first-order valence-electron chi connectivity index (χ1n) is 9.44. The van der Waals surface area contributed by atoms with Crippen LogP contribution in [0.4, 0.5) is 4.39 Å². The quantitative estimate of drug-likeness (QED) is 0.575. The van der Waals surface area contributed by atoms with Gasteiger partial charge in [0, 0.05) is 11.6 Å². The monoisotopic (exact) mass is 404 g/mol. The number of benzene rings is 2. The summed E-state index contributed by atoms with van der Waals surface area (Å²) in [5, 5.41) is 0. The lowest BCUT2D eigenvalue weighted by Crippen LogP contribution is -2.30. The van der Waals surface area contributed by atoms with Crippen molar-refractivity contribution in [3.8, 4) is 11.5 Å². The smallest absolute Gasteiger partial charge is 0.311 e. The molecule has 158 valence electrons. The molecule has 0 saturated carbocycles. The number of methoxy groups -OCH3 is 2. The number of halogens is 1. The van der Waals surface area contributed by atoms with Gasteiger partial charge in [0.15, 0.2) is 6.10 Å². The average molecular weight is 404 g/mol. The fourth-order valence-electron chi connectivity index (χ4n) is 2.66. The molecule has 0 radical (unpaired) electrons. The van der Waals surface area contributed by atoms with Crippen LogP contribution in [0.2, 0.25) is 0 Å². The largest absolute Gasteiger partial charge is 0.497 e. The fraction of sp³-hybridized carbons (Fsp3) is 0.435. The third-order valence-corrected chi connectivity index (χ3v) is 4.45. The van der Waals surface area contributed by atoms with E-state index in [0.717, 1.165) is 11.3 Å². The molecule has 2 unspecified atom stereocenters. The highest BCUT2D eigenvalue weighted by atomic mass is 19.1. The molecule has 0 bridgehead atoms. The molecule has 2 aromatic carbocycles. The van der Waals surface area contributed by atoms with Crippen LogP contribution in [-0.2, 0) is 20.9 Å². The van der Waals surface area contributed by atoms with E-state index >= 15 is 0 Å². The van der Waals surface area contributed by atoms with Crippen LogP contribution in [0.1, 0.15) is 44.9 Å². The molecule has 0 heterocycles. The van der Waals surface area contributed by atoms with Crippen LogP contribution in [0.15, 0.2) is 42.5 Å². The van der Waals surface area contributed by atoms with Crippen molar-refractivity contribution < 1.29 is 28.1 Å². The third-order valence-electron chi connectivity index (χ3n) is 4.45. The van der Waals surface area contributed by atoms with E-state index in [-0.39, 0.29) is 5.97 Å². The minimum Gasteiger partial charge on any atom is -0.497 e. The predicted octanol–water partition coefficient (Wildman–Crippen LogP) is 5.08. The first-order valence-corrected chi connectivity index (χ1v) is 9.44. The maximum Gasteiger partial charge on any atom is 0.311 e. The van der Waals surface area contributed by atoms with Crippen molar-refractivity contribution in [2.24, 2.45) is 5.41 Å². The third kappa shape index (κ3) is 6.19. The zero-order chi connectivity index (χ0) is 21.6. The van der Waals surface area contributed by atoms with Crippen LogP contribution >= 0.6 is 0 Å². The Morgan fingerprint density at radius 1 is 1.03 bits per heavy atom. The molecule has 0 aliphatic rings. The van der Waals surface area contributed by atoms with Crippen LogP contribution in [-0.4, -0.2) is 26.3 Å². The molecule has 6 heteroatoms. The Kier molecular flexibility index (Phi) is 7.62. The number of hydrogen-bond donors (Lipinski definition) is 0. The van der Waals surface area contributed by atoms with Gasteiger partial charge >= 0.3 is 5.97 Å². The standard InChI is InChI=1S/C23H29FO5/c1-15(28-14-16-7-10-18(26-5)11-8-16)21(29-22(25)23(2,3)4)19-12-9-17(24)13-20(19)27-6/h7-13,15,21H,14H2,1-6H3. The number of carbonyl (C=O) groups excluding carboxylic acids is 1. The molecule has 5 nitrogen and oxygen atoms in total. The zero-order valence-electron chi connectivity index (χ0n) is 17.8. The van der Waals surface area contributed by atoms with E-state index in [2.05, 4.69) is 0 Å². The molecule has 29 heavy (non-hydrogen) atoms. The summed E-state index contributed by atoms with van der Waals surface area (Å²) in [6.45, 7) is 7.46. The van der Waals surface area contributed by atoms with Gasteiger partial charge in [0.25, 0.3) is 0 Å². The van der Waals surface area contributed by atoms with Gasteiger partial charge in [-0.3, -0.25) is 4.79 Å². The van der Waals surface area contributed by atoms with Gasteiger partial charge in [0.05, 0.1) is 32.3 Å². The maximum absolute atomic E-state index is 13.7. The number of esters is 1. The second-order valence-corrected chi connectivity index (χ2v) is 7.83. The Balaban J connectivity index is 2.24. The van der Waals surface area contributed by atoms with Gasteiger partial charge in [0.1, 0.15) is 17.3 Å². The molecule has 0 fully saturated rings. The second kappa shape index (κ2) is 9.74. The molecule has 0 amide bonds. The lowest BCUT2D eigenvalue weighted by molar-refractivity contribution is -0.167. The Bertz CT molecular complexity index is 811. The van der Waals surface area contributed by atoms with Gasteiger partial charge in [-0.1, -0.05) is 12.1 Å². The van der Waals surface area contributed by atoms with E-state index < -0.39 is 23.4 Å². The predicted molar refractivity (Wildman–Crippen MR) is 108 cm³/mol. The molecule has 2 aromatic rings. The topological polar surface area (TPSA) is 54.0 Å². The SMILES string of the molecule is COc1ccc(COC(C)C(OC(=O)C(C)(C)C)c2ccc(F)cc2OC)cc1.